The number of hydrogen-bond donors (Lipinski definition) is 0. The molecule has 21 heavy (non-hydrogen) atoms. The molecule has 0 atom stereocenters. The number of carbonyl (C=O) groups excluding carboxylic acids is 1. The molecular formula is C18H28O2Si. The highest BCUT2D eigenvalue weighted by atomic mass is 28.3. The van der Waals surface area contributed by atoms with E-state index in [0.717, 1.165) is 49.6 Å². The highest BCUT2D eigenvalue weighted by Crippen LogP contribution is 2.31. The van der Waals surface area contributed by atoms with E-state index in [9.17, 15) is 4.79 Å². The molecule has 1 aliphatic rings. The van der Waals surface area contributed by atoms with Gasteiger partial charge in [0.1, 0.15) is 5.75 Å². The highest BCUT2D eigenvalue weighted by molar-refractivity contribution is 6.75. The predicted octanol–water partition coefficient (Wildman–Crippen LogP) is 4.94. The molecule has 0 bridgehead atoms. The Balaban J connectivity index is 2.46. The van der Waals surface area contributed by atoms with Crippen molar-refractivity contribution >= 4 is 13.9 Å². The lowest BCUT2D eigenvalue weighted by Crippen LogP contribution is -2.26. The van der Waals surface area contributed by atoms with Crippen molar-refractivity contribution < 1.29 is 9.53 Å². The minimum atomic E-state index is -1.28. The second kappa shape index (κ2) is 6.78. The van der Waals surface area contributed by atoms with Crippen LogP contribution < -0.4 is 4.74 Å². The van der Waals surface area contributed by atoms with Crippen molar-refractivity contribution in [3.63, 3.8) is 0 Å². The van der Waals surface area contributed by atoms with Crippen molar-refractivity contribution in [1.29, 1.82) is 0 Å². The minimum absolute atomic E-state index is 0.281. The van der Waals surface area contributed by atoms with E-state index < -0.39 is 8.07 Å². The second-order valence-corrected chi connectivity index (χ2v) is 12.9. The van der Waals surface area contributed by atoms with Gasteiger partial charge in [-0.2, -0.15) is 0 Å². The SMILES string of the molecule is Cc1ccc2c(c1C[Si](C)(C)C)C(=O)CCCCCCO2. The molecule has 0 fully saturated rings. The molecule has 0 aliphatic carbocycles. The van der Waals surface area contributed by atoms with Gasteiger partial charge in [0.15, 0.2) is 5.78 Å². The molecule has 1 aromatic carbocycles. The van der Waals surface area contributed by atoms with Crippen LogP contribution in [0.4, 0.5) is 0 Å². The van der Waals surface area contributed by atoms with Crippen molar-refractivity contribution in [3.05, 3.63) is 28.8 Å². The largest absolute Gasteiger partial charge is 0.493 e. The summed E-state index contributed by atoms with van der Waals surface area (Å²) in [6.45, 7) is 9.93. The van der Waals surface area contributed by atoms with Gasteiger partial charge in [0.2, 0.25) is 0 Å². The fraction of sp³-hybridized carbons (Fsp3) is 0.611. The Morgan fingerprint density at radius 3 is 2.52 bits per heavy atom. The lowest BCUT2D eigenvalue weighted by atomic mass is 9.95. The zero-order valence-electron chi connectivity index (χ0n) is 13.9. The average Bonchev–Trinajstić information content (AvgIpc) is 2.39. The van der Waals surface area contributed by atoms with Crippen LogP contribution in [0.2, 0.25) is 19.6 Å². The number of rotatable bonds is 2. The Kier molecular flexibility index (Phi) is 5.25. The molecule has 0 N–H and O–H groups in total. The summed E-state index contributed by atoms with van der Waals surface area (Å²) < 4.78 is 5.94. The van der Waals surface area contributed by atoms with Gasteiger partial charge in [-0.25, -0.2) is 0 Å². The van der Waals surface area contributed by atoms with E-state index in [1.54, 1.807) is 0 Å². The van der Waals surface area contributed by atoms with Crippen molar-refractivity contribution in [3.8, 4) is 5.75 Å². The molecule has 0 aromatic heterocycles. The van der Waals surface area contributed by atoms with Gasteiger partial charge >= 0.3 is 0 Å². The van der Waals surface area contributed by atoms with Gasteiger partial charge in [-0.1, -0.05) is 38.5 Å². The maximum absolute atomic E-state index is 12.7. The number of aryl methyl sites for hydroxylation is 1. The third kappa shape index (κ3) is 4.44. The number of ether oxygens (including phenoxy) is 1. The predicted molar refractivity (Wildman–Crippen MR) is 91.1 cm³/mol. The summed E-state index contributed by atoms with van der Waals surface area (Å²) in [6, 6.07) is 5.17. The van der Waals surface area contributed by atoms with Crippen LogP contribution in [0.25, 0.3) is 0 Å². The Hall–Kier alpha value is -1.09. The summed E-state index contributed by atoms with van der Waals surface area (Å²) in [6.07, 6.45) is 5.07. The minimum Gasteiger partial charge on any atom is -0.493 e. The van der Waals surface area contributed by atoms with Crippen LogP contribution in [0.5, 0.6) is 5.75 Å². The molecule has 0 saturated heterocycles. The monoisotopic (exact) mass is 304 g/mol. The van der Waals surface area contributed by atoms with Crippen LogP contribution in [0.15, 0.2) is 12.1 Å². The van der Waals surface area contributed by atoms with Gasteiger partial charge in [-0.05, 0) is 43.0 Å². The first-order chi connectivity index (χ1) is 9.88. The lowest BCUT2D eigenvalue weighted by Gasteiger charge is -2.23. The number of Topliss-reactive ketones (excluding diaryl/α,β-unsaturated/α-hetero) is 1. The van der Waals surface area contributed by atoms with Crippen LogP contribution in [0.1, 0.15) is 53.6 Å². The third-order valence-electron chi connectivity index (χ3n) is 4.05. The molecule has 0 unspecified atom stereocenters. The molecular weight excluding hydrogens is 276 g/mol. The van der Waals surface area contributed by atoms with E-state index in [1.807, 2.05) is 6.07 Å². The van der Waals surface area contributed by atoms with Crippen LogP contribution >= 0.6 is 0 Å². The zero-order valence-corrected chi connectivity index (χ0v) is 14.9. The van der Waals surface area contributed by atoms with Gasteiger partial charge in [0.05, 0.1) is 12.2 Å². The van der Waals surface area contributed by atoms with Crippen molar-refractivity contribution in [1.82, 2.24) is 0 Å². The molecule has 1 heterocycles. The second-order valence-electron chi connectivity index (χ2n) is 7.41. The average molecular weight is 305 g/mol. The maximum atomic E-state index is 12.7. The fourth-order valence-corrected chi connectivity index (χ4v) is 4.48. The molecule has 1 aliphatic heterocycles. The summed E-state index contributed by atoms with van der Waals surface area (Å²) in [5, 5.41) is 0. The molecule has 2 rings (SSSR count). The number of fused-ring (bicyclic) bond motifs is 1. The molecule has 0 amide bonds. The summed E-state index contributed by atoms with van der Waals surface area (Å²) in [5.74, 6) is 1.10. The standard InChI is InChI=1S/C18H28O2Si/c1-14-10-11-17-18(15(14)13-21(2,3)4)16(19)9-7-5-6-8-12-20-17/h10-11H,5-9,12-13H2,1-4H3. The highest BCUT2D eigenvalue weighted by Gasteiger charge is 2.24. The lowest BCUT2D eigenvalue weighted by molar-refractivity contribution is 0.0972. The van der Waals surface area contributed by atoms with E-state index in [1.165, 1.54) is 11.1 Å². The van der Waals surface area contributed by atoms with Gasteiger partial charge in [-0.3, -0.25) is 4.79 Å². The van der Waals surface area contributed by atoms with E-state index in [0.29, 0.717) is 6.42 Å². The molecule has 1 aromatic rings. The topological polar surface area (TPSA) is 26.3 Å². The van der Waals surface area contributed by atoms with E-state index in [-0.39, 0.29) is 5.78 Å². The van der Waals surface area contributed by atoms with Crippen molar-refractivity contribution in [2.24, 2.45) is 0 Å². The Morgan fingerprint density at radius 1 is 1.10 bits per heavy atom. The smallest absolute Gasteiger partial charge is 0.166 e. The molecule has 0 saturated carbocycles. The van der Waals surface area contributed by atoms with Crippen molar-refractivity contribution in [2.75, 3.05) is 6.61 Å². The molecule has 3 heteroatoms. The van der Waals surface area contributed by atoms with Crippen LogP contribution in [0, 0.1) is 6.92 Å². The van der Waals surface area contributed by atoms with E-state index >= 15 is 0 Å². The maximum Gasteiger partial charge on any atom is 0.166 e. The Bertz CT molecular complexity index is 515. The number of benzene rings is 1. The molecule has 2 nitrogen and oxygen atoms in total. The van der Waals surface area contributed by atoms with Gasteiger partial charge < -0.3 is 4.74 Å². The molecule has 116 valence electrons. The van der Waals surface area contributed by atoms with E-state index in [4.69, 9.17) is 4.74 Å². The quantitative estimate of drug-likeness (QED) is 0.723. The first-order valence-electron chi connectivity index (χ1n) is 8.17. The zero-order chi connectivity index (χ0) is 15.5. The van der Waals surface area contributed by atoms with Crippen LogP contribution in [-0.2, 0) is 6.04 Å². The van der Waals surface area contributed by atoms with Gasteiger partial charge in [0, 0.05) is 14.5 Å². The van der Waals surface area contributed by atoms with Crippen LogP contribution in [-0.4, -0.2) is 20.5 Å². The molecule has 0 radical (unpaired) electrons. The molecule has 0 spiro atoms. The third-order valence-corrected chi connectivity index (χ3v) is 5.46. The number of hydrogen-bond acceptors (Lipinski definition) is 2. The first-order valence-corrected chi connectivity index (χ1v) is 11.9. The van der Waals surface area contributed by atoms with E-state index in [2.05, 4.69) is 32.6 Å². The van der Waals surface area contributed by atoms with Crippen LogP contribution in [0.3, 0.4) is 0 Å². The fourth-order valence-electron chi connectivity index (χ4n) is 2.96. The Morgan fingerprint density at radius 2 is 1.81 bits per heavy atom. The van der Waals surface area contributed by atoms with Gasteiger partial charge in [-0.15, -0.1) is 0 Å². The number of ketones is 1. The summed E-state index contributed by atoms with van der Waals surface area (Å²) in [5.41, 5.74) is 3.38. The number of carbonyl (C=O) groups is 1. The van der Waals surface area contributed by atoms with Crippen molar-refractivity contribution in [2.45, 2.75) is 64.7 Å². The summed E-state index contributed by atoms with van der Waals surface area (Å²) >= 11 is 0. The summed E-state index contributed by atoms with van der Waals surface area (Å²) in [4.78, 5) is 12.7. The van der Waals surface area contributed by atoms with Gasteiger partial charge in [0.25, 0.3) is 0 Å². The normalized spacial score (nSPS) is 17.0. The Labute approximate surface area is 129 Å². The summed E-state index contributed by atoms with van der Waals surface area (Å²) in [7, 11) is -1.28. The first kappa shape index (κ1) is 16.3.